The number of nitrogens with one attached hydrogen (secondary N) is 1. The van der Waals surface area contributed by atoms with E-state index < -0.39 is 45.0 Å². The molecule has 1 aromatic heterocycles. The minimum atomic E-state index is -5.07. The van der Waals surface area contributed by atoms with Crippen LogP contribution < -0.4 is 10.5 Å². The molecule has 2 rings (SSSR count). The zero-order valence-corrected chi connectivity index (χ0v) is 14.6. The van der Waals surface area contributed by atoms with Crippen molar-refractivity contribution in [2.45, 2.75) is 23.1 Å². The van der Waals surface area contributed by atoms with Gasteiger partial charge in [0, 0.05) is 10.4 Å². The standard InChI is InChI=1S/C14H10F6N2O3S2/c15-13(16,17)8-3-7(4-9(5-8)14(18,19)20)12(23)22-6-10-1-2-11(26-10)27(21,24)25/h1-5H,6H2,(H,22,23)(H2,21,24,25). The second-order valence-electron chi connectivity index (χ2n) is 5.24. The van der Waals surface area contributed by atoms with Crippen LogP contribution in [-0.4, -0.2) is 14.3 Å². The molecule has 148 valence electrons. The Balaban J connectivity index is 2.26. The highest BCUT2D eigenvalue weighted by atomic mass is 32.2. The number of carbonyl (C=O) groups excluding carboxylic acids is 1. The number of rotatable bonds is 4. The summed E-state index contributed by atoms with van der Waals surface area (Å²) in [7, 11) is -3.96. The van der Waals surface area contributed by atoms with E-state index in [1.54, 1.807) is 0 Å². The summed E-state index contributed by atoms with van der Waals surface area (Å²) in [6.07, 6.45) is -10.1. The topological polar surface area (TPSA) is 89.3 Å². The Kier molecular flexibility index (Phi) is 5.59. The average Bonchev–Trinajstić information content (AvgIpc) is 2.99. The lowest BCUT2D eigenvalue weighted by atomic mass is 10.0. The van der Waals surface area contributed by atoms with Crippen LogP contribution >= 0.6 is 11.3 Å². The predicted molar refractivity (Wildman–Crippen MR) is 83.3 cm³/mol. The van der Waals surface area contributed by atoms with Gasteiger partial charge in [-0.1, -0.05) is 0 Å². The Morgan fingerprint density at radius 2 is 1.52 bits per heavy atom. The number of benzene rings is 1. The zero-order valence-electron chi connectivity index (χ0n) is 13.0. The number of thiophene rings is 1. The lowest BCUT2D eigenvalue weighted by Crippen LogP contribution is -2.24. The Labute approximate surface area is 152 Å². The molecule has 3 N–H and O–H groups in total. The molecule has 0 saturated carbocycles. The first kappa shape index (κ1) is 21.2. The van der Waals surface area contributed by atoms with E-state index in [-0.39, 0.29) is 21.7 Å². The van der Waals surface area contributed by atoms with E-state index in [0.717, 1.165) is 6.07 Å². The normalized spacial score (nSPS) is 12.9. The van der Waals surface area contributed by atoms with Gasteiger partial charge in [-0.2, -0.15) is 26.3 Å². The molecule has 2 aromatic rings. The molecular weight excluding hydrogens is 422 g/mol. The first-order chi connectivity index (χ1) is 12.2. The van der Waals surface area contributed by atoms with Gasteiger partial charge in [0.05, 0.1) is 17.7 Å². The van der Waals surface area contributed by atoms with Gasteiger partial charge >= 0.3 is 12.4 Å². The van der Waals surface area contributed by atoms with E-state index in [9.17, 15) is 39.6 Å². The second-order valence-corrected chi connectivity index (χ2v) is 8.20. The highest BCUT2D eigenvalue weighted by Crippen LogP contribution is 2.36. The molecular formula is C14H10F6N2O3S2. The molecule has 1 aromatic carbocycles. The molecule has 1 heterocycles. The van der Waals surface area contributed by atoms with Crippen molar-refractivity contribution >= 4 is 27.3 Å². The summed E-state index contributed by atoms with van der Waals surface area (Å²) in [5, 5.41) is 7.05. The number of sulfonamides is 1. The fourth-order valence-corrected chi connectivity index (χ4v) is 3.68. The van der Waals surface area contributed by atoms with E-state index in [1.807, 2.05) is 0 Å². The Morgan fingerprint density at radius 1 is 1.00 bits per heavy atom. The molecule has 0 bridgehead atoms. The van der Waals surface area contributed by atoms with Gasteiger partial charge in [0.25, 0.3) is 5.91 Å². The van der Waals surface area contributed by atoms with Crippen molar-refractivity contribution in [1.29, 1.82) is 0 Å². The number of hydrogen-bond donors (Lipinski definition) is 2. The fourth-order valence-electron chi connectivity index (χ4n) is 1.96. The minimum absolute atomic E-state index is 0.0889. The van der Waals surface area contributed by atoms with Crippen molar-refractivity contribution in [1.82, 2.24) is 5.32 Å². The van der Waals surface area contributed by atoms with Crippen LogP contribution in [0.2, 0.25) is 0 Å². The Bertz CT molecular complexity index is 932. The summed E-state index contributed by atoms with van der Waals surface area (Å²) < 4.78 is 98.9. The molecule has 0 aliphatic heterocycles. The number of amides is 1. The molecule has 27 heavy (non-hydrogen) atoms. The largest absolute Gasteiger partial charge is 0.416 e. The van der Waals surface area contributed by atoms with Crippen molar-refractivity contribution in [2.75, 3.05) is 0 Å². The molecule has 0 aliphatic carbocycles. The molecule has 5 nitrogen and oxygen atoms in total. The van der Waals surface area contributed by atoms with Crippen LogP contribution in [0.3, 0.4) is 0 Å². The van der Waals surface area contributed by atoms with Crippen LogP contribution in [-0.2, 0) is 28.9 Å². The summed E-state index contributed by atoms with van der Waals surface area (Å²) >= 11 is 0.704. The first-order valence-electron chi connectivity index (χ1n) is 6.87. The highest BCUT2D eigenvalue weighted by Gasteiger charge is 2.37. The molecule has 0 saturated heterocycles. The monoisotopic (exact) mass is 432 g/mol. The van der Waals surface area contributed by atoms with E-state index in [1.165, 1.54) is 6.07 Å². The van der Waals surface area contributed by atoms with Crippen LogP contribution in [0.25, 0.3) is 0 Å². The molecule has 0 radical (unpaired) electrons. The lowest BCUT2D eigenvalue weighted by molar-refractivity contribution is -0.143. The number of nitrogens with two attached hydrogens (primary N) is 1. The molecule has 0 fully saturated rings. The highest BCUT2D eigenvalue weighted by molar-refractivity contribution is 7.91. The predicted octanol–water partition coefficient (Wildman–Crippen LogP) is 3.36. The van der Waals surface area contributed by atoms with Crippen LogP contribution in [0.4, 0.5) is 26.3 Å². The third-order valence-corrected chi connectivity index (χ3v) is 5.71. The first-order valence-corrected chi connectivity index (χ1v) is 9.23. The van der Waals surface area contributed by atoms with Crippen LogP contribution in [0.15, 0.2) is 34.5 Å². The summed E-state index contributed by atoms with van der Waals surface area (Å²) in [6, 6.07) is 2.98. The van der Waals surface area contributed by atoms with Gasteiger partial charge in [-0.05, 0) is 30.3 Å². The minimum Gasteiger partial charge on any atom is -0.347 e. The average molecular weight is 432 g/mol. The Hall–Kier alpha value is -2.12. The zero-order chi connectivity index (χ0) is 20.6. The molecule has 0 spiro atoms. The SMILES string of the molecule is NS(=O)(=O)c1ccc(CNC(=O)c2cc(C(F)(F)F)cc(C(F)(F)F)c2)s1. The van der Waals surface area contributed by atoms with E-state index in [4.69, 9.17) is 5.14 Å². The number of halogens is 6. The van der Waals surface area contributed by atoms with Gasteiger partial charge in [-0.15, -0.1) is 11.3 Å². The van der Waals surface area contributed by atoms with Gasteiger partial charge < -0.3 is 5.32 Å². The van der Waals surface area contributed by atoms with Crippen molar-refractivity contribution in [3.63, 3.8) is 0 Å². The van der Waals surface area contributed by atoms with E-state index in [2.05, 4.69) is 5.32 Å². The van der Waals surface area contributed by atoms with Crippen molar-refractivity contribution in [3.8, 4) is 0 Å². The summed E-state index contributed by atoms with van der Waals surface area (Å²) in [5.74, 6) is -1.18. The van der Waals surface area contributed by atoms with Gasteiger partial charge in [0.15, 0.2) is 0 Å². The maximum Gasteiger partial charge on any atom is 0.416 e. The van der Waals surface area contributed by atoms with E-state index >= 15 is 0 Å². The Morgan fingerprint density at radius 3 is 1.93 bits per heavy atom. The quantitative estimate of drug-likeness (QED) is 0.727. The second kappa shape index (κ2) is 7.13. The van der Waals surface area contributed by atoms with Gasteiger partial charge in [-0.3, -0.25) is 4.79 Å². The number of hydrogen-bond acceptors (Lipinski definition) is 4. The van der Waals surface area contributed by atoms with Crippen molar-refractivity contribution in [3.05, 3.63) is 51.9 Å². The van der Waals surface area contributed by atoms with Crippen LogP contribution in [0, 0.1) is 0 Å². The summed E-state index contributed by atoms with van der Waals surface area (Å²) in [4.78, 5) is 12.3. The molecule has 0 atom stereocenters. The molecule has 0 aliphatic rings. The third kappa shape index (κ3) is 5.43. The maximum atomic E-state index is 12.8. The number of carbonyl (C=O) groups is 1. The van der Waals surface area contributed by atoms with Crippen LogP contribution in [0.1, 0.15) is 26.4 Å². The third-order valence-electron chi connectivity index (χ3n) is 3.19. The van der Waals surface area contributed by atoms with Gasteiger partial charge in [0.2, 0.25) is 10.0 Å². The maximum absolute atomic E-state index is 12.8. The number of alkyl halides is 6. The molecule has 1 amide bonds. The van der Waals surface area contributed by atoms with Crippen LogP contribution in [0.5, 0.6) is 0 Å². The smallest absolute Gasteiger partial charge is 0.347 e. The fraction of sp³-hybridized carbons (Fsp3) is 0.214. The van der Waals surface area contributed by atoms with Gasteiger partial charge in [-0.25, -0.2) is 13.6 Å². The van der Waals surface area contributed by atoms with Crippen molar-refractivity contribution < 1.29 is 39.6 Å². The number of primary sulfonamides is 1. The summed E-state index contributed by atoms with van der Waals surface area (Å²) in [6.45, 7) is -0.309. The van der Waals surface area contributed by atoms with Crippen molar-refractivity contribution in [2.24, 2.45) is 5.14 Å². The lowest BCUT2D eigenvalue weighted by Gasteiger charge is -2.14. The van der Waals surface area contributed by atoms with E-state index in [0.29, 0.717) is 23.5 Å². The molecule has 0 unspecified atom stereocenters. The molecule has 13 heteroatoms. The summed E-state index contributed by atoms with van der Waals surface area (Å²) in [5.41, 5.74) is -4.06. The van der Waals surface area contributed by atoms with Gasteiger partial charge in [0.1, 0.15) is 4.21 Å².